The Morgan fingerprint density at radius 3 is 3.12 bits per heavy atom. The Morgan fingerprint density at radius 2 is 2.35 bits per heavy atom. The lowest BCUT2D eigenvalue weighted by Crippen LogP contribution is -2.22. The molecule has 6 heteroatoms. The smallest absolute Gasteiger partial charge is 0.404 e. The Bertz CT molecular complexity index is 538. The highest BCUT2D eigenvalue weighted by atomic mass is 19.1. The quantitative estimate of drug-likeness (QED) is 0.800. The minimum absolute atomic E-state index is 0.352. The number of hydrogen-bond donors (Lipinski definition) is 2. The highest BCUT2D eigenvalue weighted by Gasteiger charge is 2.08. The Balaban J connectivity index is 2.01. The summed E-state index contributed by atoms with van der Waals surface area (Å²) in [6, 6.07) is 4.24. The summed E-state index contributed by atoms with van der Waals surface area (Å²) in [5, 5.41) is 15.3. The van der Waals surface area contributed by atoms with Crippen molar-refractivity contribution in [3.63, 3.8) is 0 Å². The van der Waals surface area contributed by atoms with Gasteiger partial charge in [-0.1, -0.05) is 5.16 Å². The Kier molecular flexibility index (Phi) is 3.22. The van der Waals surface area contributed by atoms with Crippen LogP contribution in [0.4, 0.5) is 9.18 Å². The third-order valence-electron chi connectivity index (χ3n) is 2.38. The van der Waals surface area contributed by atoms with Crippen molar-refractivity contribution < 1.29 is 18.8 Å². The third-order valence-corrected chi connectivity index (χ3v) is 2.38. The molecule has 5 nitrogen and oxygen atoms in total. The minimum Gasteiger partial charge on any atom is -0.465 e. The molecule has 90 valence electrons. The van der Waals surface area contributed by atoms with Crippen LogP contribution in [0, 0.1) is 5.82 Å². The van der Waals surface area contributed by atoms with E-state index >= 15 is 0 Å². The van der Waals surface area contributed by atoms with Gasteiger partial charge in [-0.25, -0.2) is 9.18 Å². The van der Waals surface area contributed by atoms with E-state index in [0.717, 1.165) is 5.39 Å². The molecule has 0 saturated carbocycles. The number of carbonyl (C=O) groups is 1. The van der Waals surface area contributed by atoms with Crippen LogP contribution in [0.25, 0.3) is 11.0 Å². The summed E-state index contributed by atoms with van der Waals surface area (Å²) in [4.78, 5) is 10.2. The van der Waals surface area contributed by atoms with Crippen LogP contribution in [0.2, 0.25) is 0 Å². The van der Waals surface area contributed by atoms with Crippen molar-refractivity contribution in [1.29, 1.82) is 0 Å². The monoisotopic (exact) mass is 238 g/mol. The number of benzene rings is 1. The van der Waals surface area contributed by atoms with Crippen molar-refractivity contribution in [2.75, 3.05) is 6.54 Å². The summed E-state index contributed by atoms with van der Waals surface area (Å²) in [6.07, 6.45) is 0.154. The number of hydrogen-bond acceptors (Lipinski definition) is 3. The predicted molar refractivity (Wildman–Crippen MR) is 58.3 cm³/mol. The van der Waals surface area contributed by atoms with Gasteiger partial charge in [0.2, 0.25) is 0 Å². The summed E-state index contributed by atoms with van der Waals surface area (Å²) in [6.45, 7) is 0.352. The van der Waals surface area contributed by atoms with E-state index in [9.17, 15) is 9.18 Å². The van der Waals surface area contributed by atoms with E-state index in [2.05, 4.69) is 10.5 Å². The molecular weight excluding hydrogens is 227 g/mol. The van der Waals surface area contributed by atoms with Gasteiger partial charge in [0.15, 0.2) is 5.58 Å². The molecule has 0 fully saturated rings. The molecule has 1 heterocycles. The maximum Gasteiger partial charge on any atom is 0.404 e. The number of fused-ring (bicyclic) bond motifs is 1. The summed E-state index contributed by atoms with van der Waals surface area (Å²) in [5.41, 5.74) is 1.12. The molecule has 0 saturated heterocycles. The summed E-state index contributed by atoms with van der Waals surface area (Å²) >= 11 is 0. The lowest BCUT2D eigenvalue weighted by Gasteiger charge is -1.98. The molecule has 0 atom stereocenters. The fraction of sp³-hybridized carbons (Fsp3) is 0.273. The van der Waals surface area contributed by atoms with Crippen LogP contribution in [0.15, 0.2) is 22.7 Å². The first-order chi connectivity index (χ1) is 8.16. The molecular formula is C11H11FN2O3. The summed E-state index contributed by atoms with van der Waals surface area (Å²) in [7, 11) is 0. The van der Waals surface area contributed by atoms with Gasteiger partial charge in [0, 0.05) is 18.0 Å². The van der Waals surface area contributed by atoms with Gasteiger partial charge in [-0.2, -0.15) is 0 Å². The van der Waals surface area contributed by atoms with Gasteiger partial charge in [0.25, 0.3) is 0 Å². The number of amides is 1. The molecule has 0 unspecified atom stereocenters. The van der Waals surface area contributed by atoms with Crippen LogP contribution in [0.1, 0.15) is 12.1 Å². The van der Waals surface area contributed by atoms with Gasteiger partial charge in [-0.3, -0.25) is 0 Å². The molecule has 1 aromatic carbocycles. The molecule has 1 amide bonds. The maximum absolute atomic E-state index is 12.9. The summed E-state index contributed by atoms with van der Waals surface area (Å²) in [5.74, 6) is -0.368. The van der Waals surface area contributed by atoms with Gasteiger partial charge in [0.05, 0.1) is 5.69 Å². The molecule has 2 aromatic rings. The van der Waals surface area contributed by atoms with Crippen LogP contribution in [0.5, 0.6) is 0 Å². The zero-order chi connectivity index (χ0) is 12.3. The van der Waals surface area contributed by atoms with E-state index in [0.29, 0.717) is 30.7 Å². The molecule has 1 aromatic heterocycles. The topological polar surface area (TPSA) is 75.4 Å². The van der Waals surface area contributed by atoms with Crippen molar-refractivity contribution in [3.8, 4) is 0 Å². The number of aromatic nitrogens is 1. The zero-order valence-electron chi connectivity index (χ0n) is 8.94. The van der Waals surface area contributed by atoms with Crippen LogP contribution in [-0.4, -0.2) is 22.9 Å². The predicted octanol–water partition coefficient (Wildman–Crippen LogP) is 2.17. The molecule has 17 heavy (non-hydrogen) atoms. The van der Waals surface area contributed by atoms with Crippen LogP contribution in [-0.2, 0) is 6.42 Å². The number of nitrogens with zero attached hydrogens (tertiary/aromatic N) is 1. The first-order valence-electron chi connectivity index (χ1n) is 5.17. The van der Waals surface area contributed by atoms with E-state index < -0.39 is 6.09 Å². The molecule has 0 radical (unpaired) electrons. The largest absolute Gasteiger partial charge is 0.465 e. The third kappa shape index (κ3) is 2.72. The van der Waals surface area contributed by atoms with Crippen molar-refractivity contribution in [3.05, 3.63) is 29.7 Å². The number of nitrogens with one attached hydrogen (secondary N) is 1. The zero-order valence-corrected chi connectivity index (χ0v) is 8.94. The SMILES string of the molecule is O=C(O)NCCCc1noc2cc(F)ccc12. The van der Waals surface area contributed by atoms with Crippen molar-refractivity contribution in [2.24, 2.45) is 0 Å². The molecule has 0 aliphatic rings. The molecule has 2 N–H and O–H groups in total. The fourth-order valence-corrected chi connectivity index (χ4v) is 1.60. The minimum atomic E-state index is -1.04. The fourth-order valence-electron chi connectivity index (χ4n) is 1.60. The number of carboxylic acid groups (broad SMARTS) is 1. The van der Waals surface area contributed by atoms with Crippen molar-refractivity contribution in [1.82, 2.24) is 10.5 Å². The second-order valence-electron chi connectivity index (χ2n) is 3.61. The molecule has 0 aliphatic carbocycles. The lowest BCUT2D eigenvalue weighted by molar-refractivity contribution is 0.194. The van der Waals surface area contributed by atoms with Crippen LogP contribution in [0.3, 0.4) is 0 Å². The van der Waals surface area contributed by atoms with E-state index in [1.165, 1.54) is 12.1 Å². The van der Waals surface area contributed by atoms with Gasteiger partial charge in [-0.15, -0.1) is 0 Å². The van der Waals surface area contributed by atoms with Gasteiger partial charge in [-0.05, 0) is 25.0 Å². The lowest BCUT2D eigenvalue weighted by atomic mass is 10.1. The normalized spacial score (nSPS) is 10.6. The number of aryl methyl sites for hydroxylation is 1. The Morgan fingerprint density at radius 1 is 1.53 bits per heavy atom. The summed E-state index contributed by atoms with van der Waals surface area (Å²) < 4.78 is 17.9. The molecule has 0 bridgehead atoms. The second-order valence-corrected chi connectivity index (χ2v) is 3.61. The highest BCUT2D eigenvalue weighted by molar-refractivity contribution is 5.79. The van der Waals surface area contributed by atoms with Crippen molar-refractivity contribution >= 4 is 17.1 Å². The van der Waals surface area contributed by atoms with Crippen LogP contribution >= 0.6 is 0 Å². The van der Waals surface area contributed by atoms with Gasteiger partial charge >= 0.3 is 6.09 Å². The van der Waals surface area contributed by atoms with E-state index in [1.807, 2.05) is 0 Å². The molecule has 2 rings (SSSR count). The van der Waals surface area contributed by atoms with Crippen molar-refractivity contribution in [2.45, 2.75) is 12.8 Å². The van der Waals surface area contributed by atoms with Crippen LogP contribution < -0.4 is 5.32 Å². The van der Waals surface area contributed by atoms with Gasteiger partial charge < -0.3 is 14.9 Å². The molecule has 0 spiro atoms. The standard InChI is InChI=1S/C11H11FN2O3/c12-7-3-4-8-9(14-17-10(8)6-7)2-1-5-13-11(15)16/h3-4,6,13H,1-2,5H2,(H,15,16). The molecule has 0 aliphatic heterocycles. The number of halogens is 1. The average Bonchev–Trinajstić information content (AvgIpc) is 2.66. The van der Waals surface area contributed by atoms with Gasteiger partial charge in [0.1, 0.15) is 5.82 Å². The first-order valence-corrected chi connectivity index (χ1v) is 5.17. The number of rotatable bonds is 4. The Hall–Kier alpha value is -2.11. The van der Waals surface area contributed by atoms with E-state index in [4.69, 9.17) is 9.63 Å². The van der Waals surface area contributed by atoms with E-state index in [-0.39, 0.29) is 5.82 Å². The Labute approximate surface area is 96.2 Å². The second kappa shape index (κ2) is 4.82. The highest BCUT2D eigenvalue weighted by Crippen LogP contribution is 2.20. The maximum atomic E-state index is 12.9. The first kappa shape index (κ1) is 11.4. The average molecular weight is 238 g/mol. The van der Waals surface area contributed by atoms with E-state index in [1.54, 1.807) is 6.07 Å².